The van der Waals surface area contributed by atoms with Crippen molar-refractivity contribution in [3.8, 4) is 0 Å². The van der Waals surface area contributed by atoms with E-state index >= 15 is 0 Å². The molecule has 0 saturated carbocycles. The Balaban J connectivity index is 3.19. The molecule has 0 aliphatic rings. The number of carbonyl (C=O) groups excluding carboxylic acids is 1. The lowest BCUT2D eigenvalue weighted by Crippen LogP contribution is -2.34. The van der Waals surface area contributed by atoms with Gasteiger partial charge in [-0.05, 0) is 31.0 Å². The van der Waals surface area contributed by atoms with Crippen LogP contribution in [0.5, 0.6) is 0 Å². The van der Waals surface area contributed by atoms with Crippen LogP contribution in [0.2, 0.25) is 0 Å². The van der Waals surface area contributed by atoms with Crippen LogP contribution in [-0.2, 0) is 10.0 Å². The third-order valence-electron chi connectivity index (χ3n) is 2.70. The number of rotatable bonds is 5. The standard InChI is InChI=1S/C13H19BrN2O3S/c1-4-16(8-9(2)3)13(17)10-5-11(14)7-12(6-10)20(15,18)19/h5-7,9H,4,8H2,1-3H3,(H2,15,18,19). The smallest absolute Gasteiger partial charge is 0.253 e. The molecular weight excluding hydrogens is 344 g/mol. The minimum absolute atomic E-state index is 0.0733. The monoisotopic (exact) mass is 362 g/mol. The molecule has 2 N–H and O–H groups in total. The van der Waals surface area contributed by atoms with Gasteiger partial charge in [0.15, 0.2) is 0 Å². The van der Waals surface area contributed by atoms with Crippen LogP contribution in [-0.4, -0.2) is 32.3 Å². The zero-order valence-corrected chi connectivity index (χ0v) is 14.2. The minimum atomic E-state index is -3.84. The lowest BCUT2D eigenvalue weighted by atomic mass is 10.1. The van der Waals surface area contributed by atoms with Crippen LogP contribution in [0.3, 0.4) is 0 Å². The number of amides is 1. The maximum atomic E-state index is 12.4. The Kier molecular flexibility index (Phi) is 5.73. The van der Waals surface area contributed by atoms with Crippen LogP contribution in [0, 0.1) is 5.92 Å². The summed E-state index contributed by atoms with van der Waals surface area (Å²) < 4.78 is 23.3. The van der Waals surface area contributed by atoms with Gasteiger partial charge < -0.3 is 4.90 Å². The van der Waals surface area contributed by atoms with E-state index in [0.29, 0.717) is 29.0 Å². The Morgan fingerprint density at radius 2 is 1.95 bits per heavy atom. The molecule has 7 heteroatoms. The molecule has 0 radical (unpaired) electrons. The van der Waals surface area contributed by atoms with E-state index in [4.69, 9.17) is 5.14 Å². The summed E-state index contributed by atoms with van der Waals surface area (Å²) in [5.74, 6) is 0.135. The first-order valence-electron chi connectivity index (χ1n) is 6.27. The van der Waals surface area contributed by atoms with Gasteiger partial charge >= 0.3 is 0 Å². The largest absolute Gasteiger partial charge is 0.339 e. The van der Waals surface area contributed by atoms with Gasteiger partial charge in [0, 0.05) is 23.1 Å². The Hall–Kier alpha value is -0.920. The van der Waals surface area contributed by atoms with Crippen LogP contribution in [0.25, 0.3) is 0 Å². The fraction of sp³-hybridized carbons (Fsp3) is 0.462. The molecule has 5 nitrogen and oxygen atoms in total. The highest BCUT2D eigenvalue weighted by Crippen LogP contribution is 2.20. The highest BCUT2D eigenvalue weighted by Gasteiger charge is 2.18. The van der Waals surface area contributed by atoms with Gasteiger partial charge in [-0.1, -0.05) is 29.8 Å². The van der Waals surface area contributed by atoms with Crippen molar-refractivity contribution in [1.29, 1.82) is 0 Å². The number of nitrogens with two attached hydrogens (primary N) is 1. The number of nitrogens with zero attached hydrogens (tertiary/aromatic N) is 1. The average Bonchev–Trinajstić information content (AvgIpc) is 2.33. The van der Waals surface area contributed by atoms with Crippen molar-refractivity contribution in [2.75, 3.05) is 13.1 Å². The number of sulfonamides is 1. The molecule has 1 rings (SSSR count). The lowest BCUT2D eigenvalue weighted by molar-refractivity contribution is 0.0745. The summed E-state index contributed by atoms with van der Waals surface area (Å²) in [4.78, 5) is 14.0. The van der Waals surface area contributed by atoms with Crippen molar-refractivity contribution in [2.24, 2.45) is 11.1 Å². The Labute approximate surface area is 128 Å². The second kappa shape index (κ2) is 6.69. The fourth-order valence-electron chi connectivity index (χ4n) is 1.83. The van der Waals surface area contributed by atoms with E-state index in [0.717, 1.165) is 0 Å². The van der Waals surface area contributed by atoms with Gasteiger partial charge in [0.25, 0.3) is 5.91 Å². The number of primary sulfonamides is 1. The van der Waals surface area contributed by atoms with Crippen molar-refractivity contribution in [3.05, 3.63) is 28.2 Å². The van der Waals surface area contributed by atoms with Gasteiger partial charge in [0.1, 0.15) is 0 Å². The maximum Gasteiger partial charge on any atom is 0.253 e. The highest BCUT2D eigenvalue weighted by atomic mass is 79.9. The van der Waals surface area contributed by atoms with Gasteiger partial charge in [-0.15, -0.1) is 0 Å². The predicted octanol–water partition coefficient (Wildman–Crippen LogP) is 2.21. The van der Waals surface area contributed by atoms with Crippen LogP contribution in [0.1, 0.15) is 31.1 Å². The van der Waals surface area contributed by atoms with Gasteiger partial charge in [0.2, 0.25) is 10.0 Å². The molecular formula is C13H19BrN2O3S. The molecule has 1 amide bonds. The van der Waals surface area contributed by atoms with Gasteiger partial charge in [-0.25, -0.2) is 13.6 Å². The highest BCUT2D eigenvalue weighted by molar-refractivity contribution is 9.10. The number of halogens is 1. The van der Waals surface area contributed by atoms with Crippen LogP contribution in [0.15, 0.2) is 27.6 Å². The topological polar surface area (TPSA) is 80.5 Å². The Morgan fingerprint density at radius 3 is 2.40 bits per heavy atom. The van der Waals surface area contributed by atoms with Crippen molar-refractivity contribution >= 4 is 31.9 Å². The van der Waals surface area contributed by atoms with E-state index in [1.165, 1.54) is 12.1 Å². The second-order valence-corrected chi connectivity index (χ2v) is 7.44. The fourth-order valence-corrected chi connectivity index (χ4v) is 3.06. The van der Waals surface area contributed by atoms with Gasteiger partial charge in [0.05, 0.1) is 4.90 Å². The molecule has 1 aromatic carbocycles. The summed E-state index contributed by atoms with van der Waals surface area (Å²) in [5, 5.41) is 5.11. The number of hydrogen-bond donors (Lipinski definition) is 1. The summed E-state index contributed by atoms with van der Waals surface area (Å²) in [5.41, 5.74) is 0.311. The normalized spacial score (nSPS) is 11.7. The molecule has 20 heavy (non-hydrogen) atoms. The van der Waals surface area contributed by atoms with E-state index in [1.54, 1.807) is 11.0 Å². The zero-order valence-electron chi connectivity index (χ0n) is 11.8. The van der Waals surface area contributed by atoms with E-state index < -0.39 is 10.0 Å². The first-order chi connectivity index (χ1) is 9.15. The van der Waals surface area contributed by atoms with Crippen molar-refractivity contribution < 1.29 is 13.2 Å². The van der Waals surface area contributed by atoms with Crippen LogP contribution in [0.4, 0.5) is 0 Å². The quantitative estimate of drug-likeness (QED) is 0.871. The van der Waals surface area contributed by atoms with E-state index in [1.807, 2.05) is 20.8 Å². The van der Waals surface area contributed by atoms with E-state index in [2.05, 4.69) is 15.9 Å². The summed E-state index contributed by atoms with van der Waals surface area (Å²) in [6.07, 6.45) is 0. The predicted molar refractivity (Wildman–Crippen MR) is 81.9 cm³/mol. The molecule has 0 aromatic heterocycles. The molecule has 0 spiro atoms. The summed E-state index contributed by atoms with van der Waals surface area (Å²) >= 11 is 3.20. The van der Waals surface area contributed by atoms with E-state index in [-0.39, 0.29) is 10.8 Å². The number of benzene rings is 1. The number of carbonyl (C=O) groups is 1. The third-order valence-corrected chi connectivity index (χ3v) is 4.05. The number of hydrogen-bond acceptors (Lipinski definition) is 3. The molecule has 1 aromatic rings. The van der Waals surface area contributed by atoms with Crippen LogP contribution >= 0.6 is 15.9 Å². The van der Waals surface area contributed by atoms with Gasteiger partial charge in [-0.2, -0.15) is 0 Å². The minimum Gasteiger partial charge on any atom is -0.339 e. The van der Waals surface area contributed by atoms with Crippen molar-refractivity contribution in [1.82, 2.24) is 4.90 Å². The SMILES string of the molecule is CCN(CC(C)C)C(=O)c1cc(Br)cc(S(N)(=O)=O)c1. The zero-order chi connectivity index (χ0) is 15.5. The molecule has 112 valence electrons. The average molecular weight is 363 g/mol. The van der Waals surface area contributed by atoms with Crippen molar-refractivity contribution in [3.63, 3.8) is 0 Å². The first kappa shape index (κ1) is 17.1. The van der Waals surface area contributed by atoms with E-state index in [9.17, 15) is 13.2 Å². The maximum absolute atomic E-state index is 12.4. The molecule has 0 atom stereocenters. The van der Waals surface area contributed by atoms with Crippen molar-refractivity contribution in [2.45, 2.75) is 25.7 Å². The van der Waals surface area contributed by atoms with Crippen LogP contribution < -0.4 is 5.14 Å². The molecule has 0 heterocycles. The summed E-state index contributed by atoms with van der Waals surface area (Å²) in [6.45, 7) is 7.11. The molecule has 0 bridgehead atoms. The summed E-state index contributed by atoms with van der Waals surface area (Å²) in [6, 6.07) is 4.29. The molecule has 0 fully saturated rings. The molecule has 0 aliphatic carbocycles. The summed E-state index contributed by atoms with van der Waals surface area (Å²) in [7, 11) is -3.84. The Morgan fingerprint density at radius 1 is 1.35 bits per heavy atom. The Bertz CT molecular complexity index is 600. The molecule has 0 saturated heterocycles. The first-order valence-corrected chi connectivity index (χ1v) is 8.61. The second-order valence-electron chi connectivity index (χ2n) is 4.96. The molecule has 0 unspecified atom stereocenters. The van der Waals surface area contributed by atoms with Gasteiger partial charge in [-0.3, -0.25) is 4.79 Å². The lowest BCUT2D eigenvalue weighted by Gasteiger charge is -2.23. The molecule has 0 aliphatic heterocycles. The third kappa shape index (κ3) is 4.57.